The third-order valence-corrected chi connectivity index (χ3v) is 4.33. The fraction of sp³-hybridized carbons (Fsp3) is 0.389. The summed E-state index contributed by atoms with van der Waals surface area (Å²) in [4.78, 5) is 35.0. The Morgan fingerprint density at radius 1 is 1.22 bits per heavy atom. The predicted octanol–water partition coefficient (Wildman–Crippen LogP) is 1.84. The van der Waals surface area contributed by atoms with Gasteiger partial charge in [-0.15, -0.1) is 0 Å². The van der Waals surface area contributed by atoms with Crippen LogP contribution in [0.2, 0.25) is 0 Å². The Hall–Kier alpha value is -3.23. The molecule has 142 valence electrons. The number of aryl methyl sites for hydroxylation is 2. The predicted molar refractivity (Wildman–Crippen MR) is 105 cm³/mol. The number of imidazole rings is 1. The second-order valence-electron chi connectivity index (χ2n) is 6.29. The molecule has 0 spiro atoms. The fourth-order valence-electron chi connectivity index (χ4n) is 2.85. The number of nitrogens with zero attached hydrogens (tertiary/aromatic N) is 5. The van der Waals surface area contributed by atoms with Crippen LogP contribution < -0.4 is 16.7 Å². The molecule has 0 unspecified atom stereocenters. The average molecular weight is 369 g/mol. The van der Waals surface area contributed by atoms with E-state index in [1.165, 1.54) is 4.57 Å². The van der Waals surface area contributed by atoms with Crippen molar-refractivity contribution in [2.75, 3.05) is 5.43 Å². The monoisotopic (exact) mass is 369 g/mol. The summed E-state index contributed by atoms with van der Waals surface area (Å²) >= 11 is 0. The molecule has 3 aromatic heterocycles. The number of H-pyrrole nitrogens is 1. The number of hydrazone groups is 1. The molecule has 0 atom stereocenters. The van der Waals surface area contributed by atoms with Gasteiger partial charge in [0.1, 0.15) is 0 Å². The quantitative estimate of drug-likeness (QED) is 0.358. The molecule has 0 radical (unpaired) electrons. The highest BCUT2D eigenvalue weighted by Gasteiger charge is 2.16. The molecule has 9 heteroatoms. The van der Waals surface area contributed by atoms with Gasteiger partial charge in [0.05, 0.1) is 6.21 Å². The van der Waals surface area contributed by atoms with Crippen LogP contribution in [0.15, 0.2) is 39.2 Å². The number of rotatable bonds is 8. The van der Waals surface area contributed by atoms with Crippen LogP contribution in [0.5, 0.6) is 0 Å². The zero-order chi connectivity index (χ0) is 19.2. The molecule has 3 aromatic rings. The second-order valence-corrected chi connectivity index (χ2v) is 6.29. The van der Waals surface area contributed by atoms with Crippen molar-refractivity contribution in [2.45, 2.75) is 39.2 Å². The van der Waals surface area contributed by atoms with Crippen molar-refractivity contribution in [3.63, 3.8) is 0 Å². The van der Waals surface area contributed by atoms with Gasteiger partial charge in [0.2, 0.25) is 5.95 Å². The maximum absolute atomic E-state index is 12.4. The summed E-state index contributed by atoms with van der Waals surface area (Å²) in [5.74, 6) is 0.429. The first kappa shape index (κ1) is 18.6. The van der Waals surface area contributed by atoms with Crippen LogP contribution in [0.3, 0.4) is 0 Å². The Kier molecular flexibility index (Phi) is 5.80. The normalized spacial score (nSPS) is 11.5. The highest BCUT2D eigenvalue weighted by molar-refractivity contribution is 5.80. The largest absolute Gasteiger partial charge is 0.329 e. The molecule has 2 N–H and O–H groups in total. The molecular weight excluding hydrogens is 346 g/mol. The number of hydrogen-bond donors (Lipinski definition) is 2. The van der Waals surface area contributed by atoms with Crippen molar-refractivity contribution in [2.24, 2.45) is 12.1 Å². The summed E-state index contributed by atoms with van der Waals surface area (Å²) < 4.78 is 3.12. The lowest BCUT2D eigenvalue weighted by Gasteiger charge is -2.07. The van der Waals surface area contributed by atoms with Gasteiger partial charge in [0.15, 0.2) is 11.2 Å². The van der Waals surface area contributed by atoms with Crippen LogP contribution in [0, 0.1) is 0 Å². The Morgan fingerprint density at radius 3 is 2.74 bits per heavy atom. The lowest BCUT2D eigenvalue weighted by atomic mass is 10.2. The van der Waals surface area contributed by atoms with E-state index in [0.29, 0.717) is 23.7 Å². The Morgan fingerprint density at radius 2 is 2.00 bits per heavy atom. The van der Waals surface area contributed by atoms with Crippen LogP contribution in [0.1, 0.15) is 38.2 Å². The van der Waals surface area contributed by atoms with Gasteiger partial charge in [-0.25, -0.2) is 10.2 Å². The number of anilines is 1. The number of unbranched alkanes of at least 4 members (excludes halogenated alkanes) is 3. The van der Waals surface area contributed by atoms with E-state index in [4.69, 9.17) is 0 Å². The van der Waals surface area contributed by atoms with Gasteiger partial charge < -0.3 is 4.57 Å². The van der Waals surface area contributed by atoms with E-state index >= 15 is 0 Å². The van der Waals surface area contributed by atoms with Gasteiger partial charge in [-0.2, -0.15) is 10.1 Å². The van der Waals surface area contributed by atoms with E-state index in [0.717, 1.165) is 31.2 Å². The summed E-state index contributed by atoms with van der Waals surface area (Å²) in [5.41, 5.74) is 3.55. The molecule has 0 aliphatic heterocycles. The SMILES string of the molecule is CCCCCCn1c(N/N=C/c2ccncc2)nc2c1c(=O)[nH]c(=O)n2C. The summed E-state index contributed by atoms with van der Waals surface area (Å²) in [5, 5.41) is 4.21. The third kappa shape index (κ3) is 4.13. The Balaban J connectivity index is 1.95. The average Bonchev–Trinajstić information content (AvgIpc) is 3.03. The van der Waals surface area contributed by atoms with Crippen LogP contribution in [-0.2, 0) is 13.6 Å². The first-order valence-corrected chi connectivity index (χ1v) is 9.00. The molecule has 3 rings (SSSR count). The lowest BCUT2D eigenvalue weighted by molar-refractivity contribution is 0.593. The number of pyridine rings is 1. The highest BCUT2D eigenvalue weighted by Crippen LogP contribution is 2.17. The van der Waals surface area contributed by atoms with Crippen LogP contribution >= 0.6 is 0 Å². The first-order chi connectivity index (χ1) is 13.1. The van der Waals surface area contributed by atoms with E-state index < -0.39 is 11.2 Å². The number of hydrogen-bond acceptors (Lipinski definition) is 6. The fourth-order valence-corrected chi connectivity index (χ4v) is 2.85. The minimum Gasteiger partial charge on any atom is -0.303 e. The molecule has 0 aromatic carbocycles. The molecular formula is C18H23N7O2. The molecule has 3 heterocycles. The van der Waals surface area contributed by atoms with E-state index in [9.17, 15) is 9.59 Å². The second kappa shape index (κ2) is 8.43. The first-order valence-electron chi connectivity index (χ1n) is 9.00. The summed E-state index contributed by atoms with van der Waals surface area (Å²) in [6, 6.07) is 3.65. The molecule has 0 aliphatic carbocycles. The van der Waals surface area contributed by atoms with Crippen molar-refractivity contribution in [1.29, 1.82) is 0 Å². The van der Waals surface area contributed by atoms with E-state index in [1.807, 2.05) is 12.1 Å². The molecule has 0 bridgehead atoms. The summed E-state index contributed by atoms with van der Waals surface area (Å²) in [7, 11) is 1.58. The van der Waals surface area contributed by atoms with Gasteiger partial charge in [-0.1, -0.05) is 26.2 Å². The van der Waals surface area contributed by atoms with Gasteiger partial charge >= 0.3 is 5.69 Å². The molecule has 0 amide bonds. The molecule has 0 fully saturated rings. The van der Waals surface area contributed by atoms with Crippen molar-refractivity contribution in [1.82, 2.24) is 24.1 Å². The third-order valence-electron chi connectivity index (χ3n) is 4.33. The van der Waals surface area contributed by atoms with Crippen LogP contribution in [-0.4, -0.2) is 30.3 Å². The number of fused-ring (bicyclic) bond motifs is 1. The van der Waals surface area contributed by atoms with Crippen molar-refractivity contribution in [3.05, 3.63) is 50.9 Å². The standard InChI is InChI=1S/C18H23N7O2/c1-3-4-5-6-11-25-14-15(24(2)18(27)22-16(14)26)21-17(25)23-20-12-13-7-9-19-10-8-13/h7-10,12H,3-6,11H2,1-2H3,(H,21,23)(H,22,26,27)/b20-12+. The number of aromatic amines is 1. The van der Waals surface area contributed by atoms with Crippen molar-refractivity contribution >= 4 is 23.3 Å². The van der Waals surface area contributed by atoms with Crippen LogP contribution in [0.25, 0.3) is 11.2 Å². The van der Waals surface area contributed by atoms with E-state index in [1.54, 1.807) is 30.2 Å². The maximum Gasteiger partial charge on any atom is 0.329 e. The summed E-state index contributed by atoms with van der Waals surface area (Å²) in [6.45, 7) is 2.76. The number of aromatic nitrogens is 5. The highest BCUT2D eigenvalue weighted by atomic mass is 16.2. The maximum atomic E-state index is 12.4. The molecule has 0 aliphatic rings. The topological polar surface area (TPSA) is 110 Å². The van der Waals surface area contributed by atoms with Crippen LogP contribution in [0.4, 0.5) is 5.95 Å². The van der Waals surface area contributed by atoms with Gasteiger partial charge in [0.25, 0.3) is 5.56 Å². The van der Waals surface area contributed by atoms with E-state index in [-0.39, 0.29) is 0 Å². The molecule has 9 nitrogen and oxygen atoms in total. The molecule has 0 saturated carbocycles. The smallest absolute Gasteiger partial charge is 0.303 e. The van der Waals surface area contributed by atoms with Gasteiger partial charge in [-0.3, -0.25) is 19.3 Å². The lowest BCUT2D eigenvalue weighted by Crippen LogP contribution is -2.29. The van der Waals surface area contributed by atoms with Gasteiger partial charge in [0, 0.05) is 26.0 Å². The van der Waals surface area contributed by atoms with Gasteiger partial charge in [-0.05, 0) is 24.1 Å². The van der Waals surface area contributed by atoms with Crippen molar-refractivity contribution < 1.29 is 0 Å². The Labute approximate surface area is 155 Å². The number of nitrogens with one attached hydrogen (secondary N) is 2. The molecule has 0 saturated heterocycles. The van der Waals surface area contributed by atoms with Crippen molar-refractivity contribution in [3.8, 4) is 0 Å². The Bertz CT molecular complexity index is 1050. The summed E-state index contributed by atoms with van der Waals surface area (Å²) in [6.07, 6.45) is 9.22. The zero-order valence-electron chi connectivity index (χ0n) is 15.5. The minimum absolute atomic E-state index is 0.334. The zero-order valence-corrected chi connectivity index (χ0v) is 15.5. The molecule has 27 heavy (non-hydrogen) atoms. The minimum atomic E-state index is -0.491. The van der Waals surface area contributed by atoms with E-state index in [2.05, 4.69) is 32.4 Å².